The maximum atomic E-state index is 11.8. The summed E-state index contributed by atoms with van der Waals surface area (Å²) in [6.07, 6.45) is 0. The SMILES string of the molecule is CC(C)(C)C(=O)NCc1ccc2c(c1)NC(=O)CO2. The number of anilines is 1. The first-order valence-electron chi connectivity index (χ1n) is 6.20. The molecule has 5 heteroatoms. The van der Waals surface area contributed by atoms with Gasteiger partial charge in [0, 0.05) is 12.0 Å². The molecule has 0 aliphatic carbocycles. The number of amides is 2. The number of carbonyl (C=O) groups excluding carboxylic acids is 2. The lowest BCUT2D eigenvalue weighted by Gasteiger charge is -2.20. The summed E-state index contributed by atoms with van der Waals surface area (Å²) in [5.41, 5.74) is 1.16. The van der Waals surface area contributed by atoms with Gasteiger partial charge < -0.3 is 15.4 Å². The van der Waals surface area contributed by atoms with Gasteiger partial charge in [-0.2, -0.15) is 0 Å². The van der Waals surface area contributed by atoms with Crippen LogP contribution in [0.15, 0.2) is 18.2 Å². The Kier molecular flexibility index (Phi) is 3.46. The Bertz CT molecular complexity index is 518. The number of hydrogen-bond donors (Lipinski definition) is 2. The predicted octanol–water partition coefficient (Wildman–Crippen LogP) is 1.68. The van der Waals surface area contributed by atoms with Crippen molar-refractivity contribution in [2.75, 3.05) is 11.9 Å². The monoisotopic (exact) mass is 262 g/mol. The first-order chi connectivity index (χ1) is 8.86. The summed E-state index contributed by atoms with van der Waals surface area (Å²) in [6.45, 7) is 6.07. The van der Waals surface area contributed by atoms with Gasteiger partial charge in [-0.05, 0) is 17.7 Å². The molecular formula is C14H18N2O3. The molecule has 1 aromatic rings. The maximum absolute atomic E-state index is 11.8. The smallest absolute Gasteiger partial charge is 0.262 e. The van der Waals surface area contributed by atoms with E-state index in [4.69, 9.17) is 4.74 Å². The van der Waals surface area contributed by atoms with Gasteiger partial charge in [0.05, 0.1) is 5.69 Å². The van der Waals surface area contributed by atoms with Crippen LogP contribution in [0.2, 0.25) is 0 Å². The molecule has 0 saturated carbocycles. The van der Waals surface area contributed by atoms with Crippen LogP contribution in [0, 0.1) is 5.41 Å². The first-order valence-corrected chi connectivity index (χ1v) is 6.20. The Hall–Kier alpha value is -2.04. The van der Waals surface area contributed by atoms with Crippen molar-refractivity contribution in [2.24, 2.45) is 5.41 Å². The maximum Gasteiger partial charge on any atom is 0.262 e. The van der Waals surface area contributed by atoms with Crippen molar-refractivity contribution in [1.82, 2.24) is 5.32 Å². The van der Waals surface area contributed by atoms with Gasteiger partial charge in [0.2, 0.25) is 5.91 Å². The molecule has 5 nitrogen and oxygen atoms in total. The summed E-state index contributed by atoms with van der Waals surface area (Å²) < 4.78 is 5.27. The third-order valence-electron chi connectivity index (χ3n) is 2.81. The number of hydrogen-bond acceptors (Lipinski definition) is 3. The van der Waals surface area contributed by atoms with Crippen molar-refractivity contribution in [3.63, 3.8) is 0 Å². The number of fused-ring (bicyclic) bond motifs is 1. The van der Waals surface area contributed by atoms with E-state index in [1.807, 2.05) is 32.9 Å². The molecule has 0 unspecified atom stereocenters. The fourth-order valence-corrected chi connectivity index (χ4v) is 1.69. The molecule has 0 fully saturated rings. The molecule has 19 heavy (non-hydrogen) atoms. The second-order valence-electron chi connectivity index (χ2n) is 5.60. The molecule has 1 heterocycles. The van der Waals surface area contributed by atoms with Gasteiger partial charge in [0.25, 0.3) is 5.91 Å². The van der Waals surface area contributed by atoms with Crippen LogP contribution in [0.4, 0.5) is 5.69 Å². The highest BCUT2D eigenvalue weighted by Crippen LogP contribution is 2.28. The van der Waals surface area contributed by atoms with E-state index in [-0.39, 0.29) is 18.4 Å². The average Bonchev–Trinajstić information content (AvgIpc) is 2.34. The van der Waals surface area contributed by atoms with Crippen LogP contribution in [0.5, 0.6) is 5.75 Å². The number of nitrogens with one attached hydrogen (secondary N) is 2. The minimum Gasteiger partial charge on any atom is -0.482 e. The molecule has 2 rings (SSSR count). The molecule has 0 bridgehead atoms. The fourth-order valence-electron chi connectivity index (χ4n) is 1.69. The van der Waals surface area contributed by atoms with Crippen LogP contribution in [0.25, 0.3) is 0 Å². The van der Waals surface area contributed by atoms with Crippen LogP contribution in [-0.2, 0) is 16.1 Å². The van der Waals surface area contributed by atoms with Crippen LogP contribution in [-0.4, -0.2) is 18.4 Å². The normalized spacial score (nSPS) is 14.2. The van der Waals surface area contributed by atoms with Gasteiger partial charge in [-0.1, -0.05) is 26.8 Å². The van der Waals surface area contributed by atoms with E-state index in [0.717, 1.165) is 5.56 Å². The predicted molar refractivity (Wildman–Crippen MR) is 71.9 cm³/mol. The zero-order valence-electron chi connectivity index (χ0n) is 11.4. The fraction of sp³-hybridized carbons (Fsp3) is 0.429. The molecule has 0 radical (unpaired) electrons. The Balaban J connectivity index is 2.04. The topological polar surface area (TPSA) is 67.4 Å². The van der Waals surface area contributed by atoms with E-state index in [1.165, 1.54) is 0 Å². The first kappa shape index (κ1) is 13.4. The van der Waals surface area contributed by atoms with Gasteiger partial charge in [0.1, 0.15) is 5.75 Å². The Morgan fingerprint density at radius 1 is 1.42 bits per heavy atom. The lowest BCUT2D eigenvalue weighted by Crippen LogP contribution is -2.34. The number of ether oxygens (including phenoxy) is 1. The third-order valence-corrected chi connectivity index (χ3v) is 2.81. The Morgan fingerprint density at radius 2 is 2.16 bits per heavy atom. The summed E-state index contributed by atoms with van der Waals surface area (Å²) >= 11 is 0. The Morgan fingerprint density at radius 3 is 2.84 bits per heavy atom. The minimum atomic E-state index is -0.411. The molecule has 0 saturated heterocycles. The van der Waals surface area contributed by atoms with Gasteiger partial charge in [0.15, 0.2) is 6.61 Å². The summed E-state index contributed by atoms with van der Waals surface area (Å²) in [5.74, 6) is 0.486. The molecule has 0 spiro atoms. The van der Waals surface area contributed by atoms with Crippen LogP contribution in [0.1, 0.15) is 26.3 Å². The van der Waals surface area contributed by atoms with E-state index in [1.54, 1.807) is 6.07 Å². The number of benzene rings is 1. The van der Waals surface area contributed by atoms with E-state index < -0.39 is 5.41 Å². The van der Waals surface area contributed by atoms with Crippen LogP contribution < -0.4 is 15.4 Å². The number of rotatable bonds is 2. The van der Waals surface area contributed by atoms with Gasteiger partial charge >= 0.3 is 0 Å². The van der Waals surface area contributed by atoms with Crippen LogP contribution in [0.3, 0.4) is 0 Å². The molecule has 1 aliphatic rings. The van der Waals surface area contributed by atoms with Gasteiger partial charge in [-0.15, -0.1) is 0 Å². The van der Waals surface area contributed by atoms with Crippen molar-refractivity contribution in [3.05, 3.63) is 23.8 Å². The second-order valence-corrected chi connectivity index (χ2v) is 5.60. The molecule has 1 aromatic carbocycles. The van der Waals surface area contributed by atoms with Crippen molar-refractivity contribution >= 4 is 17.5 Å². The lowest BCUT2D eigenvalue weighted by atomic mass is 9.95. The quantitative estimate of drug-likeness (QED) is 0.852. The van der Waals surface area contributed by atoms with Gasteiger partial charge in [-0.25, -0.2) is 0 Å². The zero-order valence-corrected chi connectivity index (χ0v) is 11.4. The lowest BCUT2D eigenvalue weighted by molar-refractivity contribution is -0.128. The molecule has 1 aliphatic heterocycles. The molecule has 2 amide bonds. The van der Waals surface area contributed by atoms with E-state index in [0.29, 0.717) is 18.0 Å². The third kappa shape index (κ3) is 3.24. The largest absolute Gasteiger partial charge is 0.482 e. The molecule has 0 aromatic heterocycles. The zero-order chi connectivity index (χ0) is 14.0. The molecule has 2 N–H and O–H groups in total. The average molecular weight is 262 g/mol. The number of carbonyl (C=O) groups is 2. The van der Waals surface area contributed by atoms with Gasteiger partial charge in [-0.3, -0.25) is 9.59 Å². The van der Waals surface area contributed by atoms with E-state index in [2.05, 4.69) is 10.6 Å². The van der Waals surface area contributed by atoms with Crippen molar-refractivity contribution in [3.8, 4) is 5.75 Å². The molecular weight excluding hydrogens is 244 g/mol. The van der Waals surface area contributed by atoms with Crippen molar-refractivity contribution in [1.29, 1.82) is 0 Å². The highest BCUT2D eigenvalue weighted by atomic mass is 16.5. The minimum absolute atomic E-state index is 0.00879. The highest BCUT2D eigenvalue weighted by Gasteiger charge is 2.21. The van der Waals surface area contributed by atoms with Crippen molar-refractivity contribution < 1.29 is 14.3 Å². The van der Waals surface area contributed by atoms with Crippen LogP contribution >= 0.6 is 0 Å². The highest BCUT2D eigenvalue weighted by molar-refractivity contribution is 5.95. The molecule has 0 atom stereocenters. The summed E-state index contributed by atoms with van der Waals surface area (Å²) in [4.78, 5) is 23.0. The van der Waals surface area contributed by atoms with E-state index >= 15 is 0 Å². The Labute approximate surface area is 112 Å². The van der Waals surface area contributed by atoms with E-state index in [9.17, 15) is 9.59 Å². The standard InChI is InChI=1S/C14H18N2O3/c1-14(2,3)13(18)15-7-9-4-5-11-10(6-9)16-12(17)8-19-11/h4-6H,7-8H2,1-3H3,(H,15,18)(H,16,17). The summed E-state index contributed by atoms with van der Waals surface area (Å²) in [5, 5.41) is 5.61. The second kappa shape index (κ2) is 4.91. The van der Waals surface area contributed by atoms with Crippen molar-refractivity contribution in [2.45, 2.75) is 27.3 Å². The summed E-state index contributed by atoms with van der Waals surface area (Å²) in [7, 11) is 0. The summed E-state index contributed by atoms with van der Waals surface area (Å²) in [6, 6.07) is 5.49. The molecule has 102 valence electrons.